The lowest BCUT2D eigenvalue weighted by atomic mass is 10.0. The molecule has 0 aromatic rings. The zero-order chi connectivity index (χ0) is 11.0. The molecular weight excluding hydrogens is 188 g/mol. The highest BCUT2D eigenvalue weighted by Crippen LogP contribution is 2.10. The highest BCUT2D eigenvalue weighted by atomic mass is 16.5. The molecule has 0 aliphatic heterocycles. The molecule has 0 unspecified atom stereocenters. The van der Waals surface area contributed by atoms with Gasteiger partial charge in [0.05, 0.1) is 14.2 Å². The topological polar surface area (TPSA) is 61.8 Å². The number of carbonyl (C=O) groups excluding carboxylic acids is 2. The van der Waals surface area contributed by atoms with Gasteiger partial charge in [-0.2, -0.15) is 0 Å². The van der Waals surface area contributed by atoms with Crippen LogP contribution in [-0.4, -0.2) is 39.9 Å². The summed E-state index contributed by atoms with van der Waals surface area (Å²) in [6.45, 7) is 0.504. The molecule has 0 heterocycles. The Morgan fingerprint density at radius 2 is 1.57 bits per heavy atom. The van der Waals surface area contributed by atoms with Crippen LogP contribution in [0.15, 0.2) is 0 Å². The summed E-state index contributed by atoms with van der Waals surface area (Å²) in [6.07, 6.45) is 0.999. The zero-order valence-electron chi connectivity index (χ0n) is 8.74. The molecule has 5 heteroatoms. The fraction of sp³-hybridized carbons (Fsp3) is 0.778. The van der Waals surface area contributed by atoms with Gasteiger partial charge in [-0.25, -0.2) is 0 Å². The van der Waals surface area contributed by atoms with E-state index in [9.17, 15) is 9.59 Å². The van der Waals surface area contributed by atoms with Crippen molar-refractivity contribution < 1.29 is 23.8 Å². The molecule has 0 bridgehead atoms. The van der Waals surface area contributed by atoms with Crippen LogP contribution < -0.4 is 0 Å². The Morgan fingerprint density at radius 1 is 1.07 bits per heavy atom. The van der Waals surface area contributed by atoms with Crippen LogP contribution in [0.5, 0.6) is 0 Å². The first-order chi connectivity index (χ1) is 6.67. The van der Waals surface area contributed by atoms with Crippen molar-refractivity contribution in [1.29, 1.82) is 0 Å². The Kier molecular flexibility index (Phi) is 6.74. The van der Waals surface area contributed by atoms with Gasteiger partial charge in [-0.05, 0) is 12.8 Å². The third-order valence-electron chi connectivity index (χ3n) is 1.81. The van der Waals surface area contributed by atoms with Crippen LogP contribution in [0.4, 0.5) is 0 Å². The first-order valence-corrected chi connectivity index (χ1v) is 4.32. The van der Waals surface area contributed by atoms with Crippen LogP contribution in [0.2, 0.25) is 0 Å². The summed E-state index contributed by atoms with van der Waals surface area (Å²) in [4.78, 5) is 22.3. The quantitative estimate of drug-likeness (QED) is 0.355. The molecule has 0 saturated carbocycles. The van der Waals surface area contributed by atoms with E-state index in [1.807, 2.05) is 0 Å². The summed E-state index contributed by atoms with van der Waals surface area (Å²) in [5.74, 6) is -1.96. The zero-order valence-corrected chi connectivity index (χ0v) is 8.74. The van der Waals surface area contributed by atoms with Gasteiger partial charge >= 0.3 is 11.9 Å². The third kappa shape index (κ3) is 4.23. The minimum absolute atomic E-state index is 0.382. The average molecular weight is 204 g/mol. The van der Waals surface area contributed by atoms with Gasteiger partial charge in [-0.3, -0.25) is 9.59 Å². The SMILES string of the molecule is COCCCC(C(=O)OC)C(=O)OC. The molecule has 0 aromatic heterocycles. The summed E-state index contributed by atoms with van der Waals surface area (Å²) in [5.41, 5.74) is 0. The van der Waals surface area contributed by atoms with Crippen molar-refractivity contribution in [2.24, 2.45) is 5.92 Å². The third-order valence-corrected chi connectivity index (χ3v) is 1.81. The molecule has 0 aromatic carbocycles. The standard InChI is InChI=1S/C9H16O5/c1-12-6-4-5-7(8(10)13-2)9(11)14-3/h7H,4-6H2,1-3H3. The summed E-state index contributed by atoms with van der Waals surface area (Å²) < 4.78 is 13.8. The van der Waals surface area contributed by atoms with Gasteiger partial charge in [-0.1, -0.05) is 0 Å². The predicted octanol–water partition coefficient (Wildman–Crippen LogP) is 0.375. The van der Waals surface area contributed by atoms with Crippen molar-refractivity contribution in [3.63, 3.8) is 0 Å². The van der Waals surface area contributed by atoms with Crippen LogP contribution in [0.3, 0.4) is 0 Å². The fourth-order valence-electron chi connectivity index (χ4n) is 1.05. The molecule has 0 aliphatic carbocycles. The van der Waals surface area contributed by atoms with E-state index in [0.29, 0.717) is 19.4 Å². The second kappa shape index (κ2) is 7.32. The van der Waals surface area contributed by atoms with Crippen LogP contribution >= 0.6 is 0 Å². The molecular formula is C9H16O5. The number of carbonyl (C=O) groups is 2. The van der Waals surface area contributed by atoms with Gasteiger partial charge in [0.2, 0.25) is 0 Å². The van der Waals surface area contributed by atoms with Crippen molar-refractivity contribution in [2.75, 3.05) is 27.9 Å². The molecule has 0 aliphatic rings. The fourth-order valence-corrected chi connectivity index (χ4v) is 1.05. The molecule has 14 heavy (non-hydrogen) atoms. The predicted molar refractivity (Wildman–Crippen MR) is 48.6 cm³/mol. The molecule has 0 fully saturated rings. The molecule has 0 N–H and O–H groups in total. The van der Waals surface area contributed by atoms with Gasteiger partial charge < -0.3 is 14.2 Å². The average Bonchev–Trinajstić information content (AvgIpc) is 2.22. The van der Waals surface area contributed by atoms with E-state index >= 15 is 0 Å². The molecule has 5 nitrogen and oxygen atoms in total. The van der Waals surface area contributed by atoms with Gasteiger partial charge in [0, 0.05) is 13.7 Å². The van der Waals surface area contributed by atoms with E-state index in [1.165, 1.54) is 14.2 Å². The molecule has 82 valence electrons. The lowest BCUT2D eigenvalue weighted by Crippen LogP contribution is -2.26. The Labute approximate surface area is 83.3 Å². The van der Waals surface area contributed by atoms with Gasteiger partial charge in [0.15, 0.2) is 5.92 Å². The smallest absolute Gasteiger partial charge is 0.320 e. The highest BCUT2D eigenvalue weighted by molar-refractivity contribution is 5.94. The molecule has 0 amide bonds. The molecule has 0 atom stereocenters. The van der Waals surface area contributed by atoms with Gasteiger partial charge in [0.25, 0.3) is 0 Å². The van der Waals surface area contributed by atoms with Crippen molar-refractivity contribution >= 4 is 11.9 Å². The Bertz CT molecular complexity index is 174. The Balaban J connectivity index is 4.11. The van der Waals surface area contributed by atoms with Gasteiger partial charge in [0.1, 0.15) is 0 Å². The minimum Gasteiger partial charge on any atom is -0.468 e. The van der Waals surface area contributed by atoms with E-state index in [1.54, 1.807) is 7.11 Å². The number of esters is 2. The minimum atomic E-state index is -0.833. The van der Waals surface area contributed by atoms with E-state index in [4.69, 9.17) is 4.74 Å². The maximum Gasteiger partial charge on any atom is 0.320 e. The van der Waals surface area contributed by atoms with E-state index in [2.05, 4.69) is 9.47 Å². The van der Waals surface area contributed by atoms with Crippen molar-refractivity contribution in [1.82, 2.24) is 0 Å². The Hall–Kier alpha value is -1.10. The first-order valence-electron chi connectivity index (χ1n) is 4.32. The lowest BCUT2D eigenvalue weighted by Gasteiger charge is -2.11. The van der Waals surface area contributed by atoms with Crippen LogP contribution in [0, 0.1) is 5.92 Å². The second-order valence-electron chi connectivity index (χ2n) is 2.73. The number of hydrogen-bond acceptors (Lipinski definition) is 5. The van der Waals surface area contributed by atoms with Crippen LogP contribution in [-0.2, 0) is 23.8 Å². The summed E-state index contributed by atoms with van der Waals surface area (Å²) in [7, 11) is 4.05. The molecule has 0 radical (unpaired) electrons. The van der Waals surface area contributed by atoms with Crippen LogP contribution in [0.1, 0.15) is 12.8 Å². The van der Waals surface area contributed by atoms with Crippen LogP contribution in [0.25, 0.3) is 0 Å². The van der Waals surface area contributed by atoms with Crippen molar-refractivity contribution in [2.45, 2.75) is 12.8 Å². The van der Waals surface area contributed by atoms with Crippen molar-refractivity contribution in [3.8, 4) is 0 Å². The number of ether oxygens (including phenoxy) is 3. The summed E-state index contributed by atoms with van der Waals surface area (Å²) >= 11 is 0. The number of hydrogen-bond donors (Lipinski definition) is 0. The lowest BCUT2D eigenvalue weighted by molar-refractivity contribution is -0.159. The highest BCUT2D eigenvalue weighted by Gasteiger charge is 2.27. The first kappa shape index (κ1) is 12.9. The monoisotopic (exact) mass is 204 g/mol. The maximum atomic E-state index is 11.1. The largest absolute Gasteiger partial charge is 0.468 e. The van der Waals surface area contributed by atoms with Crippen molar-refractivity contribution in [3.05, 3.63) is 0 Å². The maximum absolute atomic E-state index is 11.1. The number of rotatable bonds is 6. The second-order valence-corrected chi connectivity index (χ2v) is 2.73. The van der Waals surface area contributed by atoms with E-state index in [-0.39, 0.29) is 0 Å². The molecule has 0 rings (SSSR count). The van der Waals surface area contributed by atoms with E-state index in [0.717, 1.165) is 0 Å². The number of methoxy groups -OCH3 is 3. The summed E-state index contributed by atoms with van der Waals surface area (Å²) in [6, 6.07) is 0. The summed E-state index contributed by atoms with van der Waals surface area (Å²) in [5, 5.41) is 0. The Morgan fingerprint density at radius 3 is 1.93 bits per heavy atom. The normalized spacial score (nSPS) is 10.0. The van der Waals surface area contributed by atoms with Gasteiger partial charge in [-0.15, -0.1) is 0 Å². The molecule has 0 saturated heterocycles. The molecule has 0 spiro atoms. The van der Waals surface area contributed by atoms with E-state index < -0.39 is 17.9 Å².